The summed E-state index contributed by atoms with van der Waals surface area (Å²) in [5.41, 5.74) is 9.71. The first kappa shape index (κ1) is 17.4. The highest BCUT2D eigenvalue weighted by molar-refractivity contribution is 6.30. The number of rotatable bonds is 5. The van der Waals surface area contributed by atoms with Crippen LogP contribution in [0.1, 0.15) is 23.3 Å². The normalized spacial score (nSPS) is 13.3. The molecule has 0 aliphatic heterocycles. The van der Waals surface area contributed by atoms with Crippen molar-refractivity contribution in [3.05, 3.63) is 83.1 Å². The fourth-order valence-electron chi connectivity index (χ4n) is 2.64. The SMILES string of the molecule is COc1cncc(-c2ccc(C(O)C(N)c3ccc(Cl)cc3)cc2)c1. The van der Waals surface area contributed by atoms with E-state index in [9.17, 15) is 5.11 Å². The lowest BCUT2D eigenvalue weighted by atomic mass is 9.95. The number of aliphatic hydroxyl groups is 1. The Bertz CT molecular complexity index is 835. The molecule has 25 heavy (non-hydrogen) atoms. The van der Waals surface area contributed by atoms with Gasteiger partial charge in [-0.15, -0.1) is 0 Å². The zero-order valence-electron chi connectivity index (χ0n) is 13.8. The van der Waals surface area contributed by atoms with Crippen LogP contribution in [0.5, 0.6) is 5.75 Å². The minimum atomic E-state index is -0.807. The Morgan fingerprint density at radius 3 is 2.24 bits per heavy atom. The molecule has 5 heteroatoms. The Kier molecular flexibility index (Phi) is 5.34. The van der Waals surface area contributed by atoms with Crippen LogP contribution in [0.25, 0.3) is 11.1 Å². The second-order valence-corrected chi connectivity index (χ2v) is 6.19. The van der Waals surface area contributed by atoms with Crippen LogP contribution in [-0.4, -0.2) is 17.2 Å². The van der Waals surface area contributed by atoms with E-state index in [0.717, 1.165) is 22.3 Å². The largest absolute Gasteiger partial charge is 0.495 e. The van der Waals surface area contributed by atoms with Crippen molar-refractivity contribution in [3.8, 4) is 16.9 Å². The van der Waals surface area contributed by atoms with Crippen LogP contribution in [0, 0.1) is 0 Å². The molecule has 0 bridgehead atoms. The Morgan fingerprint density at radius 1 is 0.960 bits per heavy atom. The monoisotopic (exact) mass is 354 g/mol. The highest BCUT2D eigenvalue weighted by Crippen LogP contribution is 2.29. The number of methoxy groups -OCH3 is 1. The van der Waals surface area contributed by atoms with Gasteiger partial charge in [-0.3, -0.25) is 4.98 Å². The lowest BCUT2D eigenvalue weighted by Gasteiger charge is -2.20. The molecule has 0 aliphatic rings. The molecule has 0 fully saturated rings. The third kappa shape index (κ3) is 3.99. The molecular formula is C20H19ClN2O2. The summed E-state index contributed by atoms with van der Waals surface area (Å²) in [5, 5.41) is 11.2. The molecular weight excluding hydrogens is 336 g/mol. The summed E-state index contributed by atoms with van der Waals surface area (Å²) in [6.45, 7) is 0. The van der Waals surface area contributed by atoms with E-state index in [-0.39, 0.29) is 0 Å². The van der Waals surface area contributed by atoms with Gasteiger partial charge >= 0.3 is 0 Å². The maximum atomic E-state index is 10.6. The molecule has 0 spiro atoms. The number of aromatic nitrogens is 1. The first-order chi connectivity index (χ1) is 12.1. The number of benzene rings is 2. The number of ether oxygens (including phenoxy) is 1. The van der Waals surface area contributed by atoms with Crippen LogP contribution < -0.4 is 10.5 Å². The minimum absolute atomic E-state index is 0.526. The van der Waals surface area contributed by atoms with Crippen molar-refractivity contribution < 1.29 is 9.84 Å². The predicted molar refractivity (Wildman–Crippen MR) is 99.6 cm³/mol. The second kappa shape index (κ2) is 7.66. The molecule has 3 rings (SSSR count). The average Bonchev–Trinajstić information content (AvgIpc) is 2.67. The fraction of sp³-hybridized carbons (Fsp3) is 0.150. The summed E-state index contributed by atoms with van der Waals surface area (Å²) >= 11 is 5.89. The number of halogens is 1. The van der Waals surface area contributed by atoms with E-state index in [2.05, 4.69) is 4.98 Å². The van der Waals surface area contributed by atoms with Gasteiger partial charge in [0.2, 0.25) is 0 Å². The maximum absolute atomic E-state index is 10.6. The van der Waals surface area contributed by atoms with Gasteiger partial charge in [0.05, 0.1) is 25.5 Å². The van der Waals surface area contributed by atoms with Gasteiger partial charge in [-0.1, -0.05) is 48.0 Å². The topological polar surface area (TPSA) is 68.4 Å². The van der Waals surface area contributed by atoms with E-state index in [4.69, 9.17) is 22.1 Å². The Balaban J connectivity index is 1.80. The van der Waals surface area contributed by atoms with Crippen LogP contribution >= 0.6 is 11.6 Å². The van der Waals surface area contributed by atoms with Crippen molar-refractivity contribution >= 4 is 11.6 Å². The number of hydrogen-bond acceptors (Lipinski definition) is 4. The van der Waals surface area contributed by atoms with Gasteiger partial charge < -0.3 is 15.6 Å². The van der Waals surface area contributed by atoms with Crippen molar-refractivity contribution in [3.63, 3.8) is 0 Å². The molecule has 0 saturated heterocycles. The number of pyridine rings is 1. The lowest BCUT2D eigenvalue weighted by Crippen LogP contribution is -2.19. The van der Waals surface area contributed by atoms with Crippen LogP contribution in [0.4, 0.5) is 0 Å². The quantitative estimate of drug-likeness (QED) is 0.722. The third-order valence-electron chi connectivity index (χ3n) is 4.13. The molecule has 4 nitrogen and oxygen atoms in total. The van der Waals surface area contributed by atoms with Crippen molar-refractivity contribution in [1.82, 2.24) is 4.98 Å². The Morgan fingerprint density at radius 2 is 1.60 bits per heavy atom. The molecule has 1 aromatic heterocycles. The lowest BCUT2D eigenvalue weighted by molar-refractivity contribution is 0.147. The third-order valence-corrected chi connectivity index (χ3v) is 4.38. The standard InChI is InChI=1S/C20H19ClN2O2/c1-25-18-10-16(11-23-12-18)13-2-4-15(5-3-13)20(24)19(22)14-6-8-17(21)9-7-14/h2-12,19-20,24H,22H2,1H3. The van der Waals surface area contributed by atoms with E-state index >= 15 is 0 Å². The summed E-state index contributed by atoms with van der Waals surface area (Å²) in [4.78, 5) is 4.16. The number of nitrogens with two attached hydrogens (primary N) is 1. The first-order valence-corrected chi connectivity index (χ1v) is 8.25. The van der Waals surface area contributed by atoms with Crippen molar-refractivity contribution in [2.24, 2.45) is 5.73 Å². The zero-order chi connectivity index (χ0) is 17.8. The van der Waals surface area contributed by atoms with Gasteiger partial charge in [-0.2, -0.15) is 0 Å². The molecule has 0 amide bonds. The summed E-state index contributed by atoms with van der Waals surface area (Å²) < 4.78 is 5.20. The van der Waals surface area contributed by atoms with E-state index in [0.29, 0.717) is 10.8 Å². The van der Waals surface area contributed by atoms with Gasteiger partial charge in [-0.05, 0) is 34.9 Å². The zero-order valence-corrected chi connectivity index (χ0v) is 14.5. The molecule has 2 aromatic carbocycles. The minimum Gasteiger partial charge on any atom is -0.495 e. The van der Waals surface area contributed by atoms with Crippen molar-refractivity contribution in [1.29, 1.82) is 0 Å². The second-order valence-electron chi connectivity index (χ2n) is 5.76. The maximum Gasteiger partial charge on any atom is 0.137 e. The molecule has 2 unspecified atom stereocenters. The number of nitrogens with zero attached hydrogens (tertiary/aromatic N) is 1. The Hall–Kier alpha value is -2.40. The van der Waals surface area contributed by atoms with E-state index in [1.165, 1.54) is 0 Å². The molecule has 1 heterocycles. The smallest absolute Gasteiger partial charge is 0.137 e. The molecule has 3 aromatic rings. The van der Waals surface area contributed by atoms with Gasteiger partial charge in [0.25, 0.3) is 0 Å². The highest BCUT2D eigenvalue weighted by atomic mass is 35.5. The Labute approximate surface area is 151 Å². The molecule has 0 aliphatic carbocycles. The summed E-state index contributed by atoms with van der Waals surface area (Å²) in [7, 11) is 1.61. The number of aliphatic hydroxyl groups excluding tert-OH is 1. The summed E-state index contributed by atoms with van der Waals surface area (Å²) in [6, 6.07) is 16.2. The predicted octanol–water partition coefficient (Wildman–Crippen LogP) is 4.14. The van der Waals surface area contributed by atoms with Gasteiger partial charge in [-0.25, -0.2) is 0 Å². The van der Waals surface area contributed by atoms with E-state index in [1.54, 1.807) is 31.6 Å². The van der Waals surface area contributed by atoms with Crippen LogP contribution in [0.2, 0.25) is 5.02 Å². The molecule has 3 N–H and O–H groups in total. The van der Waals surface area contributed by atoms with Crippen LogP contribution in [-0.2, 0) is 0 Å². The summed E-state index contributed by atoms with van der Waals surface area (Å²) in [5.74, 6) is 0.700. The molecule has 0 saturated carbocycles. The van der Waals surface area contributed by atoms with Crippen LogP contribution in [0.3, 0.4) is 0 Å². The van der Waals surface area contributed by atoms with Gasteiger partial charge in [0.1, 0.15) is 5.75 Å². The van der Waals surface area contributed by atoms with Crippen molar-refractivity contribution in [2.75, 3.05) is 7.11 Å². The van der Waals surface area contributed by atoms with E-state index in [1.807, 2.05) is 42.5 Å². The molecule has 0 radical (unpaired) electrons. The summed E-state index contributed by atoms with van der Waals surface area (Å²) in [6.07, 6.45) is 2.62. The fourth-order valence-corrected chi connectivity index (χ4v) is 2.76. The van der Waals surface area contributed by atoms with E-state index < -0.39 is 12.1 Å². The molecule has 2 atom stereocenters. The number of hydrogen-bond donors (Lipinski definition) is 2. The van der Waals surface area contributed by atoms with Crippen LogP contribution in [0.15, 0.2) is 67.0 Å². The highest BCUT2D eigenvalue weighted by Gasteiger charge is 2.18. The average molecular weight is 355 g/mol. The molecule has 128 valence electrons. The van der Waals surface area contributed by atoms with Crippen molar-refractivity contribution in [2.45, 2.75) is 12.1 Å². The van der Waals surface area contributed by atoms with Gasteiger partial charge in [0.15, 0.2) is 0 Å². The first-order valence-electron chi connectivity index (χ1n) is 7.87. The van der Waals surface area contributed by atoms with Gasteiger partial charge in [0, 0.05) is 16.8 Å².